The molecule has 2 aromatic carbocycles. The van der Waals surface area contributed by atoms with Crippen LogP contribution in [0.2, 0.25) is 0 Å². The molecular formula is C22H27NO3. The zero-order valence-electron chi connectivity index (χ0n) is 15.4. The molecule has 0 radical (unpaired) electrons. The average molecular weight is 353 g/mol. The van der Waals surface area contributed by atoms with E-state index in [-0.39, 0.29) is 6.61 Å². The number of fused-ring (bicyclic) bond motifs is 1. The lowest BCUT2D eigenvalue weighted by Crippen LogP contribution is -2.38. The van der Waals surface area contributed by atoms with Gasteiger partial charge in [0.05, 0.1) is 7.11 Å². The fourth-order valence-electron chi connectivity index (χ4n) is 3.37. The Morgan fingerprint density at radius 1 is 1.19 bits per heavy atom. The van der Waals surface area contributed by atoms with Gasteiger partial charge in [0.25, 0.3) is 0 Å². The fraction of sp³-hybridized carbons (Fsp3) is 0.364. The maximum absolute atomic E-state index is 10.4. The lowest BCUT2D eigenvalue weighted by molar-refractivity contribution is 0.0628. The first-order valence-electron chi connectivity index (χ1n) is 9.07. The summed E-state index contributed by atoms with van der Waals surface area (Å²) < 4.78 is 11.2. The van der Waals surface area contributed by atoms with E-state index in [1.54, 1.807) is 7.11 Å². The van der Waals surface area contributed by atoms with Crippen LogP contribution in [0.1, 0.15) is 16.7 Å². The molecule has 0 aromatic heterocycles. The minimum Gasteiger partial charge on any atom is -0.493 e. The highest BCUT2D eigenvalue weighted by Crippen LogP contribution is 2.28. The second kappa shape index (κ2) is 8.88. The van der Waals surface area contributed by atoms with Gasteiger partial charge in [-0.2, -0.15) is 0 Å². The molecule has 0 amide bonds. The van der Waals surface area contributed by atoms with Gasteiger partial charge in [-0.1, -0.05) is 36.4 Å². The molecule has 4 nitrogen and oxygen atoms in total. The standard InChI is InChI=1S/C22H27NO3/c1-3-6-17-9-10-21(22(13-17)25-2)26-16-20(24)15-23-12-11-18-7-4-5-8-19(18)14-23/h3-5,7-10,13,20,24H,1,6,11-12,14-16H2,2H3/t20-/m0/s1. The predicted octanol–water partition coefficient (Wildman–Crippen LogP) is 3.22. The largest absolute Gasteiger partial charge is 0.493 e. The van der Waals surface area contributed by atoms with Gasteiger partial charge in [0.15, 0.2) is 11.5 Å². The van der Waals surface area contributed by atoms with Gasteiger partial charge in [0, 0.05) is 19.6 Å². The first kappa shape index (κ1) is 18.5. The summed E-state index contributed by atoms with van der Waals surface area (Å²) in [4.78, 5) is 2.28. The monoisotopic (exact) mass is 353 g/mol. The third-order valence-corrected chi connectivity index (χ3v) is 4.72. The summed E-state index contributed by atoms with van der Waals surface area (Å²) >= 11 is 0. The Morgan fingerprint density at radius 2 is 2.00 bits per heavy atom. The van der Waals surface area contributed by atoms with Gasteiger partial charge < -0.3 is 14.6 Å². The van der Waals surface area contributed by atoms with Crippen LogP contribution in [0.15, 0.2) is 55.1 Å². The van der Waals surface area contributed by atoms with Gasteiger partial charge >= 0.3 is 0 Å². The van der Waals surface area contributed by atoms with Crippen molar-refractivity contribution in [1.29, 1.82) is 0 Å². The number of hydrogen-bond acceptors (Lipinski definition) is 4. The van der Waals surface area contributed by atoms with E-state index < -0.39 is 6.10 Å². The third kappa shape index (κ3) is 4.65. The number of hydrogen-bond donors (Lipinski definition) is 1. The first-order chi connectivity index (χ1) is 12.7. The summed E-state index contributed by atoms with van der Waals surface area (Å²) in [7, 11) is 1.63. The summed E-state index contributed by atoms with van der Waals surface area (Å²) in [5.74, 6) is 1.34. The number of methoxy groups -OCH3 is 1. The zero-order chi connectivity index (χ0) is 18.4. The van der Waals surface area contributed by atoms with Gasteiger partial charge in [-0.25, -0.2) is 0 Å². The Hall–Kier alpha value is -2.30. The van der Waals surface area contributed by atoms with Gasteiger partial charge in [-0.05, 0) is 41.7 Å². The van der Waals surface area contributed by atoms with Crippen molar-refractivity contribution in [2.45, 2.75) is 25.5 Å². The molecule has 0 aliphatic carbocycles. The van der Waals surface area contributed by atoms with E-state index in [9.17, 15) is 5.11 Å². The van der Waals surface area contributed by atoms with Crippen molar-refractivity contribution in [2.75, 3.05) is 26.8 Å². The molecule has 0 saturated heterocycles. The summed E-state index contributed by atoms with van der Waals surface area (Å²) in [5, 5.41) is 10.4. The molecular weight excluding hydrogens is 326 g/mol. The van der Waals surface area contributed by atoms with Crippen LogP contribution in [0.4, 0.5) is 0 Å². The van der Waals surface area contributed by atoms with Crippen molar-refractivity contribution >= 4 is 0 Å². The molecule has 2 aromatic rings. The number of aliphatic hydroxyl groups excluding tert-OH is 1. The van der Waals surface area contributed by atoms with Gasteiger partial charge in [-0.15, -0.1) is 6.58 Å². The maximum Gasteiger partial charge on any atom is 0.161 e. The highest BCUT2D eigenvalue weighted by atomic mass is 16.5. The van der Waals surface area contributed by atoms with Crippen LogP contribution in [-0.4, -0.2) is 42.9 Å². The van der Waals surface area contributed by atoms with Crippen LogP contribution in [-0.2, 0) is 19.4 Å². The first-order valence-corrected chi connectivity index (χ1v) is 9.07. The van der Waals surface area contributed by atoms with Crippen LogP contribution in [0.3, 0.4) is 0 Å². The number of nitrogens with zero attached hydrogens (tertiary/aromatic N) is 1. The summed E-state index contributed by atoms with van der Waals surface area (Å²) in [6.07, 6.45) is 3.13. The highest BCUT2D eigenvalue weighted by molar-refractivity contribution is 5.43. The number of benzene rings is 2. The van der Waals surface area contributed by atoms with E-state index in [1.807, 2.05) is 24.3 Å². The molecule has 1 aliphatic rings. The Morgan fingerprint density at radius 3 is 2.77 bits per heavy atom. The number of aliphatic hydroxyl groups is 1. The average Bonchev–Trinajstić information content (AvgIpc) is 2.67. The van der Waals surface area contributed by atoms with E-state index in [4.69, 9.17) is 9.47 Å². The highest BCUT2D eigenvalue weighted by Gasteiger charge is 2.19. The van der Waals surface area contributed by atoms with E-state index in [1.165, 1.54) is 11.1 Å². The minimum atomic E-state index is -0.544. The lowest BCUT2D eigenvalue weighted by Gasteiger charge is -2.30. The molecule has 0 bridgehead atoms. The van der Waals surface area contributed by atoms with Crippen molar-refractivity contribution in [1.82, 2.24) is 4.90 Å². The molecule has 0 unspecified atom stereocenters. The smallest absolute Gasteiger partial charge is 0.161 e. The quantitative estimate of drug-likeness (QED) is 0.740. The molecule has 138 valence electrons. The Kier molecular flexibility index (Phi) is 6.31. The number of rotatable bonds is 8. The zero-order valence-corrected chi connectivity index (χ0v) is 15.4. The number of allylic oxidation sites excluding steroid dienone is 1. The topological polar surface area (TPSA) is 41.9 Å². The normalized spacial score (nSPS) is 15.2. The molecule has 1 aliphatic heterocycles. The molecule has 26 heavy (non-hydrogen) atoms. The number of ether oxygens (including phenoxy) is 2. The predicted molar refractivity (Wildman–Crippen MR) is 104 cm³/mol. The van der Waals surface area contributed by atoms with E-state index in [2.05, 4.69) is 35.7 Å². The summed E-state index contributed by atoms with van der Waals surface area (Å²) in [5.41, 5.74) is 3.89. The van der Waals surface area contributed by atoms with Crippen LogP contribution >= 0.6 is 0 Å². The van der Waals surface area contributed by atoms with Crippen molar-refractivity contribution in [3.05, 3.63) is 71.8 Å². The van der Waals surface area contributed by atoms with E-state index in [0.29, 0.717) is 18.0 Å². The molecule has 4 heteroatoms. The Bertz CT molecular complexity index is 744. The maximum atomic E-state index is 10.4. The third-order valence-electron chi connectivity index (χ3n) is 4.72. The van der Waals surface area contributed by atoms with Crippen molar-refractivity contribution in [3.8, 4) is 11.5 Å². The molecule has 1 N–H and O–H groups in total. The van der Waals surface area contributed by atoms with Crippen molar-refractivity contribution < 1.29 is 14.6 Å². The second-order valence-corrected chi connectivity index (χ2v) is 6.70. The van der Waals surface area contributed by atoms with Crippen LogP contribution in [0.5, 0.6) is 11.5 Å². The lowest BCUT2D eigenvalue weighted by atomic mass is 10.00. The second-order valence-electron chi connectivity index (χ2n) is 6.70. The van der Waals surface area contributed by atoms with Crippen molar-refractivity contribution in [3.63, 3.8) is 0 Å². The molecule has 1 atom stereocenters. The summed E-state index contributed by atoms with van der Waals surface area (Å²) in [6.45, 7) is 6.45. The van der Waals surface area contributed by atoms with Crippen LogP contribution in [0, 0.1) is 0 Å². The molecule has 0 saturated carbocycles. The van der Waals surface area contributed by atoms with Gasteiger partial charge in [0.2, 0.25) is 0 Å². The Balaban J connectivity index is 1.53. The van der Waals surface area contributed by atoms with Gasteiger partial charge in [0.1, 0.15) is 12.7 Å². The number of β-amino-alcohol motifs (C(OH)–C–C–N with tert-alkyl or cyclic N) is 1. The van der Waals surface area contributed by atoms with Gasteiger partial charge in [-0.3, -0.25) is 4.90 Å². The molecule has 0 spiro atoms. The van der Waals surface area contributed by atoms with Crippen LogP contribution in [0.25, 0.3) is 0 Å². The summed E-state index contributed by atoms with van der Waals surface area (Å²) in [6, 6.07) is 14.4. The Labute approximate surface area is 155 Å². The van der Waals surface area contributed by atoms with E-state index >= 15 is 0 Å². The SMILES string of the molecule is C=CCc1ccc(OC[C@@H](O)CN2CCc3ccccc3C2)c(OC)c1. The van der Waals surface area contributed by atoms with E-state index in [0.717, 1.165) is 31.5 Å². The minimum absolute atomic E-state index is 0.245. The van der Waals surface area contributed by atoms with Crippen LogP contribution < -0.4 is 9.47 Å². The molecule has 3 rings (SSSR count). The molecule has 0 fully saturated rings. The fourth-order valence-corrected chi connectivity index (χ4v) is 3.37. The van der Waals surface area contributed by atoms with Crippen molar-refractivity contribution in [2.24, 2.45) is 0 Å². The molecule has 1 heterocycles.